The lowest BCUT2D eigenvalue weighted by Gasteiger charge is -2.19. The van der Waals surface area contributed by atoms with E-state index in [9.17, 15) is 19.2 Å². The molecule has 0 aliphatic heterocycles. The normalized spacial score (nSPS) is 12.0. The molecule has 0 saturated carbocycles. The van der Waals surface area contributed by atoms with Gasteiger partial charge in [0.25, 0.3) is 22.2 Å². The maximum absolute atomic E-state index is 12.9. The molecule has 3 aromatic carbocycles. The Morgan fingerprint density at radius 3 is 1.58 bits per heavy atom. The Kier molecular flexibility index (Phi) is 4.46. The fourth-order valence-corrected chi connectivity index (χ4v) is 3.96. The van der Waals surface area contributed by atoms with Crippen molar-refractivity contribution in [3.8, 4) is 17.2 Å². The van der Waals surface area contributed by atoms with E-state index in [2.05, 4.69) is 25.8 Å². The summed E-state index contributed by atoms with van der Waals surface area (Å²) in [4.78, 5) is 51.9. The van der Waals surface area contributed by atoms with Crippen LogP contribution in [0.1, 0.15) is 26.3 Å². The number of benzene rings is 3. The molecule has 7 nitrogen and oxygen atoms in total. The first-order valence-corrected chi connectivity index (χ1v) is 10.4. The van der Waals surface area contributed by atoms with Crippen molar-refractivity contribution in [2.24, 2.45) is 0 Å². The standard InChI is InChI=1S/C26H20N2O5/c1-26(2,3)14-4-8-16(9-5-14)33-17-10-6-15(7-11-17)28-24(31)20-12-18-19(13-21(20)25(28)32)23(30)27-22(18)29/h4-13H,1-3H3,(H,27,29,30). The maximum atomic E-state index is 12.9. The van der Waals surface area contributed by atoms with Crippen molar-refractivity contribution in [2.75, 3.05) is 0 Å². The van der Waals surface area contributed by atoms with Gasteiger partial charge in [-0.15, -0.1) is 0 Å². The predicted octanol–water partition coefficient (Wildman–Crippen LogP) is 3.52. The fraction of sp³-hybridized carbons (Fsp3) is 0.154. The van der Waals surface area contributed by atoms with E-state index in [-0.39, 0.29) is 27.0 Å². The summed E-state index contributed by atoms with van der Waals surface area (Å²) in [7, 11) is 0. The first-order chi connectivity index (χ1) is 15.6. The first-order valence-electron chi connectivity index (χ1n) is 10.4. The smallest absolute Gasteiger partial charge is 0.266 e. The fourth-order valence-electron chi connectivity index (χ4n) is 3.96. The van der Waals surface area contributed by atoms with Crippen molar-refractivity contribution in [2.45, 2.75) is 26.2 Å². The van der Waals surface area contributed by atoms with Crippen molar-refractivity contribution in [1.82, 2.24) is 9.55 Å². The molecule has 2 heterocycles. The van der Waals surface area contributed by atoms with Gasteiger partial charge in [0, 0.05) is 0 Å². The molecule has 0 aliphatic carbocycles. The third kappa shape index (κ3) is 3.38. The van der Waals surface area contributed by atoms with Gasteiger partial charge >= 0.3 is 0 Å². The number of aromatic nitrogens is 2. The summed E-state index contributed by atoms with van der Waals surface area (Å²) in [6, 6.07) is 17.0. The summed E-state index contributed by atoms with van der Waals surface area (Å²) in [5, 5.41) is 0.400. The van der Waals surface area contributed by atoms with Crippen LogP contribution in [0.2, 0.25) is 0 Å². The molecule has 7 heteroatoms. The van der Waals surface area contributed by atoms with E-state index in [1.54, 1.807) is 24.3 Å². The minimum absolute atomic E-state index is 0.0454. The van der Waals surface area contributed by atoms with Crippen LogP contribution < -0.4 is 27.0 Å². The zero-order chi connectivity index (χ0) is 23.5. The molecule has 33 heavy (non-hydrogen) atoms. The molecular formula is C26H20N2O5. The van der Waals surface area contributed by atoms with Crippen LogP contribution in [0, 0.1) is 0 Å². The average molecular weight is 440 g/mol. The molecule has 0 unspecified atom stereocenters. The minimum atomic E-state index is -0.575. The van der Waals surface area contributed by atoms with E-state index in [0.717, 1.165) is 4.57 Å². The average Bonchev–Trinajstić information content (AvgIpc) is 3.19. The summed E-state index contributed by atoms with van der Waals surface area (Å²) in [5.74, 6) is 1.23. The highest BCUT2D eigenvalue weighted by atomic mass is 16.5. The topological polar surface area (TPSA) is 98.2 Å². The highest BCUT2D eigenvalue weighted by Gasteiger charge is 2.18. The van der Waals surface area contributed by atoms with Gasteiger partial charge in [-0.25, -0.2) is 4.57 Å². The highest BCUT2D eigenvalue weighted by Crippen LogP contribution is 2.27. The first kappa shape index (κ1) is 20.6. The lowest BCUT2D eigenvalue weighted by atomic mass is 9.87. The Bertz CT molecular complexity index is 1650. The lowest BCUT2D eigenvalue weighted by molar-refractivity contribution is 0.481. The van der Waals surface area contributed by atoms with Crippen molar-refractivity contribution in [3.05, 3.63) is 108 Å². The van der Waals surface area contributed by atoms with Gasteiger partial charge < -0.3 is 4.74 Å². The number of ether oxygens (including phenoxy) is 1. The van der Waals surface area contributed by atoms with E-state index in [4.69, 9.17) is 4.74 Å². The monoisotopic (exact) mass is 440 g/mol. The predicted molar refractivity (Wildman–Crippen MR) is 128 cm³/mol. The molecule has 2 aromatic heterocycles. The second-order valence-corrected chi connectivity index (χ2v) is 9.04. The minimum Gasteiger partial charge on any atom is -0.457 e. The number of H-pyrrole nitrogens is 1. The van der Waals surface area contributed by atoms with Gasteiger partial charge in [0.15, 0.2) is 0 Å². The largest absolute Gasteiger partial charge is 0.457 e. The molecule has 0 bridgehead atoms. The highest BCUT2D eigenvalue weighted by molar-refractivity contribution is 5.97. The second-order valence-electron chi connectivity index (χ2n) is 9.04. The molecule has 1 N–H and O–H groups in total. The van der Waals surface area contributed by atoms with E-state index >= 15 is 0 Å². The van der Waals surface area contributed by atoms with Crippen molar-refractivity contribution in [1.29, 1.82) is 0 Å². The van der Waals surface area contributed by atoms with Crippen LogP contribution in [0.15, 0.2) is 79.8 Å². The van der Waals surface area contributed by atoms with Crippen LogP contribution in [0.25, 0.3) is 27.2 Å². The molecule has 0 fully saturated rings. The van der Waals surface area contributed by atoms with E-state index in [0.29, 0.717) is 17.2 Å². The third-order valence-electron chi connectivity index (χ3n) is 5.79. The molecule has 0 spiro atoms. The van der Waals surface area contributed by atoms with E-state index in [1.807, 2.05) is 24.3 Å². The molecule has 0 radical (unpaired) electrons. The lowest BCUT2D eigenvalue weighted by Crippen LogP contribution is -2.23. The van der Waals surface area contributed by atoms with Crippen molar-refractivity contribution >= 4 is 21.5 Å². The molecule has 5 rings (SSSR count). The van der Waals surface area contributed by atoms with Crippen LogP contribution in [-0.4, -0.2) is 9.55 Å². The maximum Gasteiger partial charge on any atom is 0.266 e. The number of nitrogens with one attached hydrogen (secondary N) is 1. The summed E-state index contributed by atoms with van der Waals surface area (Å²) in [6.07, 6.45) is 0. The molecule has 0 amide bonds. The summed E-state index contributed by atoms with van der Waals surface area (Å²) < 4.78 is 6.92. The van der Waals surface area contributed by atoms with Crippen molar-refractivity contribution < 1.29 is 4.74 Å². The van der Waals surface area contributed by atoms with E-state index in [1.165, 1.54) is 17.7 Å². The van der Waals surface area contributed by atoms with Crippen LogP contribution in [0.5, 0.6) is 11.5 Å². The Hall–Kier alpha value is -4.26. The van der Waals surface area contributed by atoms with Crippen LogP contribution in [0.4, 0.5) is 0 Å². The van der Waals surface area contributed by atoms with Crippen LogP contribution in [0.3, 0.4) is 0 Å². The number of fused-ring (bicyclic) bond motifs is 2. The van der Waals surface area contributed by atoms with Gasteiger partial charge in [-0.3, -0.25) is 24.2 Å². The Balaban J connectivity index is 1.51. The Morgan fingerprint density at radius 1 is 0.667 bits per heavy atom. The quantitative estimate of drug-likeness (QED) is 0.463. The van der Waals surface area contributed by atoms with Crippen LogP contribution in [-0.2, 0) is 5.41 Å². The number of hydrogen-bond acceptors (Lipinski definition) is 5. The van der Waals surface area contributed by atoms with E-state index < -0.39 is 22.2 Å². The zero-order valence-electron chi connectivity index (χ0n) is 18.3. The molecule has 5 aromatic rings. The van der Waals surface area contributed by atoms with Gasteiger partial charge in [0.1, 0.15) is 11.5 Å². The summed E-state index contributed by atoms with van der Waals surface area (Å²) >= 11 is 0. The molecule has 0 saturated heterocycles. The van der Waals surface area contributed by atoms with Gasteiger partial charge in [0.05, 0.1) is 27.2 Å². The number of rotatable bonds is 3. The number of aromatic amines is 1. The molecule has 0 aliphatic rings. The second kappa shape index (κ2) is 7.13. The zero-order valence-corrected chi connectivity index (χ0v) is 18.3. The molecule has 0 atom stereocenters. The van der Waals surface area contributed by atoms with Gasteiger partial charge in [-0.1, -0.05) is 32.9 Å². The SMILES string of the molecule is CC(C)(C)c1ccc(Oc2ccc(-n3c(=O)c4cc5c(=O)[nH]c(=O)c5cc4c3=O)cc2)cc1. The van der Waals surface area contributed by atoms with Gasteiger partial charge in [-0.2, -0.15) is 0 Å². The van der Waals surface area contributed by atoms with Gasteiger partial charge in [-0.05, 0) is 59.5 Å². The van der Waals surface area contributed by atoms with Crippen LogP contribution >= 0.6 is 0 Å². The number of nitrogens with zero attached hydrogens (tertiary/aromatic N) is 1. The third-order valence-corrected chi connectivity index (χ3v) is 5.79. The molecular weight excluding hydrogens is 420 g/mol. The number of hydrogen-bond donors (Lipinski definition) is 1. The van der Waals surface area contributed by atoms with Crippen molar-refractivity contribution in [3.63, 3.8) is 0 Å². The Morgan fingerprint density at radius 2 is 1.12 bits per heavy atom. The Labute approximate surface area is 187 Å². The molecule has 164 valence electrons. The summed E-state index contributed by atoms with van der Waals surface area (Å²) in [6.45, 7) is 6.42. The van der Waals surface area contributed by atoms with Gasteiger partial charge in [0.2, 0.25) is 0 Å². The summed E-state index contributed by atoms with van der Waals surface area (Å²) in [5.41, 5.74) is -0.632.